The van der Waals surface area contributed by atoms with Gasteiger partial charge in [0, 0.05) is 18.5 Å². The van der Waals surface area contributed by atoms with Gasteiger partial charge >= 0.3 is 6.03 Å². The third kappa shape index (κ3) is 1.64. The van der Waals surface area contributed by atoms with Crippen molar-refractivity contribution < 1.29 is 4.79 Å². The maximum Gasteiger partial charge on any atom is 0.314 e. The average molecular weight is 182 g/mol. The van der Waals surface area contributed by atoms with Gasteiger partial charge in [-0.25, -0.2) is 4.79 Å². The molecule has 0 atom stereocenters. The second-order valence-corrected chi connectivity index (χ2v) is 4.67. The van der Waals surface area contributed by atoms with E-state index in [4.69, 9.17) is 0 Å². The van der Waals surface area contributed by atoms with E-state index in [9.17, 15) is 4.79 Å². The Balaban J connectivity index is 1.98. The first-order chi connectivity index (χ1) is 6.21. The average Bonchev–Trinajstić information content (AvgIpc) is 2.63. The minimum atomic E-state index is -0.00419. The van der Waals surface area contributed by atoms with Crippen LogP contribution < -0.4 is 10.6 Å². The summed E-state index contributed by atoms with van der Waals surface area (Å²) in [6, 6.07) is -0.00419. The van der Waals surface area contributed by atoms with Gasteiger partial charge in [-0.05, 0) is 18.8 Å². The van der Waals surface area contributed by atoms with E-state index in [1.54, 1.807) is 0 Å². The van der Waals surface area contributed by atoms with Crippen LogP contribution in [0.5, 0.6) is 0 Å². The molecule has 3 heteroatoms. The van der Waals surface area contributed by atoms with Crippen molar-refractivity contribution >= 4 is 6.03 Å². The highest BCUT2D eigenvalue weighted by molar-refractivity contribution is 5.74. The number of carbonyl (C=O) groups excluding carboxylic acids is 1. The molecule has 0 aromatic rings. The quantitative estimate of drug-likeness (QED) is 0.634. The minimum absolute atomic E-state index is 0.00419. The van der Waals surface area contributed by atoms with Crippen LogP contribution in [-0.2, 0) is 0 Å². The molecule has 2 rings (SSSR count). The lowest BCUT2D eigenvalue weighted by Crippen LogP contribution is -2.56. The minimum Gasteiger partial charge on any atom is -0.338 e. The van der Waals surface area contributed by atoms with Crippen LogP contribution >= 0.6 is 0 Å². The van der Waals surface area contributed by atoms with Crippen molar-refractivity contribution in [2.45, 2.75) is 32.6 Å². The fourth-order valence-corrected chi connectivity index (χ4v) is 2.60. The van der Waals surface area contributed by atoms with E-state index in [2.05, 4.69) is 17.6 Å². The van der Waals surface area contributed by atoms with E-state index in [1.807, 2.05) is 0 Å². The van der Waals surface area contributed by atoms with E-state index in [1.165, 1.54) is 25.7 Å². The van der Waals surface area contributed by atoms with Gasteiger partial charge in [0.25, 0.3) is 0 Å². The second-order valence-electron chi connectivity index (χ2n) is 4.67. The van der Waals surface area contributed by atoms with Gasteiger partial charge in [-0.3, -0.25) is 0 Å². The standard InChI is InChI=1S/C10H18N2O/c1-10(8-4-2-3-5-8)6-11-9(13)12-7-10/h8H,2-7H2,1H3,(H2,11,12,13). The predicted octanol–water partition coefficient (Wildman–Crippen LogP) is 1.50. The molecular formula is C10H18N2O. The van der Waals surface area contributed by atoms with Crippen molar-refractivity contribution in [2.24, 2.45) is 11.3 Å². The third-order valence-electron chi connectivity index (χ3n) is 3.65. The van der Waals surface area contributed by atoms with Crippen LogP contribution in [0.2, 0.25) is 0 Å². The highest BCUT2D eigenvalue weighted by Crippen LogP contribution is 2.39. The van der Waals surface area contributed by atoms with E-state index in [0.29, 0.717) is 5.41 Å². The van der Waals surface area contributed by atoms with Gasteiger partial charge in [0.1, 0.15) is 0 Å². The topological polar surface area (TPSA) is 41.1 Å². The van der Waals surface area contributed by atoms with Crippen LogP contribution in [0.15, 0.2) is 0 Å². The Morgan fingerprint density at radius 3 is 2.31 bits per heavy atom. The van der Waals surface area contributed by atoms with Crippen molar-refractivity contribution in [3.05, 3.63) is 0 Å². The van der Waals surface area contributed by atoms with Crippen LogP contribution in [0.25, 0.3) is 0 Å². The molecule has 0 unspecified atom stereocenters. The number of rotatable bonds is 1. The van der Waals surface area contributed by atoms with Gasteiger partial charge < -0.3 is 10.6 Å². The summed E-state index contributed by atoms with van der Waals surface area (Å²) < 4.78 is 0. The number of amides is 2. The van der Waals surface area contributed by atoms with E-state index in [0.717, 1.165) is 19.0 Å². The third-order valence-corrected chi connectivity index (χ3v) is 3.65. The molecular weight excluding hydrogens is 164 g/mol. The molecule has 1 saturated heterocycles. The predicted molar refractivity (Wildman–Crippen MR) is 51.5 cm³/mol. The number of hydrogen-bond acceptors (Lipinski definition) is 1. The molecule has 74 valence electrons. The molecule has 1 saturated carbocycles. The Morgan fingerprint density at radius 2 is 1.77 bits per heavy atom. The largest absolute Gasteiger partial charge is 0.338 e. The zero-order valence-electron chi connectivity index (χ0n) is 8.23. The molecule has 13 heavy (non-hydrogen) atoms. The molecule has 0 radical (unpaired) electrons. The highest BCUT2D eigenvalue weighted by atomic mass is 16.2. The number of urea groups is 1. The molecule has 3 nitrogen and oxygen atoms in total. The van der Waals surface area contributed by atoms with E-state index < -0.39 is 0 Å². The molecule has 2 fully saturated rings. The first-order valence-corrected chi connectivity index (χ1v) is 5.22. The second kappa shape index (κ2) is 3.20. The molecule has 2 amide bonds. The van der Waals surface area contributed by atoms with E-state index >= 15 is 0 Å². The number of carbonyl (C=O) groups is 1. The Labute approximate surface area is 79.3 Å². The van der Waals surface area contributed by atoms with Crippen LogP contribution in [0.3, 0.4) is 0 Å². The van der Waals surface area contributed by atoms with Crippen molar-refractivity contribution in [1.82, 2.24) is 10.6 Å². The van der Waals surface area contributed by atoms with Gasteiger partial charge in [0.2, 0.25) is 0 Å². The summed E-state index contributed by atoms with van der Waals surface area (Å²) in [5.74, 6) is 0.806. The van der Waals surface area contributed by atoms with Gasteiger partial charge in [-0.1, -0.05) is 19.8 Å². The molecule has 0 spiro atoms. The highest BCUT2D eigenvalue weighted by Gasteiger charge is 2.38. The summed E-state index contributed by atoms with van der Waals surface area (Å²) in [6.45, 7) is 3.99. The molecule has 2 aliphatic rings. The van der Waals surface area contributed by atoms with Crippen molar-refractivity contribution in [1.29, 1.82) is 0 Å². The Kier molecular flexibility index (Phi) is 2.18. The van der Waals surface area contributed by atoms with Crippen LogP contribution in [0, 0.1) is 11.3 Å². The summed E-state index contributed by atoms with van der Waals surface area (Å²) in [4.78, 5) is 10.9. The molecule has 1 aliphatic carbocycles. The van der Waals surface area contributed by atoms with Crippen molar-refractivity contribution in [2.75, 3.05) is 13.1 Å². The fourth-order valence-electron chi connectivity index (χ4n) is 2.60. The van der Waals surface area contributed by atoms with E-state index in [-0.39, 0.29) is 6.03 Å². The lowest BCUT2D eigenvalue weighted by molar-refractivity contribution is 0.152. The Bertz CT molecular complexity index is 199. The molecule has 0 bridgehead atoms. The van der Waals surface area contributed by atoms with Crippen molar-refractivity contribution in [3.63, 3.8) is 0 Å². The summed E-state index contributed by atoms with van der Waals surface area (Å²) >= 11 is 0. The lowest BCUT2D eigenvalue weighted by Gasteiger charge is -2.39. The van der Waals surface area contributed by atoms with Gasteiger partial charge in [-0.15, -0.1) is 0 Å². The normalized spacial score (nSPS) is 28.2. The first-order valence-electron chi connectivity index (χ1n) is 5.22. The molecule has 1 heterocycles. The zero-order chi connectivity index (χ0) is 9.31. The van der Waals surface area contributed by atoms with Crippen LogP contribution in [0.4, 0.5) is 4.79 Å². The molecule has 0 aromatic heterocycles. The summed E-state index contributed by atoms with van der Waals surface area (Å²) in [5, 5.41) is 5.80. The van der Waals surface area contributed by atoms with Crippen molar-refractivity contribution in [3.8, 4) is 0 Å². The molecule has 1 aliphatic heterocycles. The lowest BCUT2D eigenvalue weighted by atomic mass is 9.75. The van der Waals surface area contributed by atoms with Crippen LogP contribution in [-0.4, -0.2) is 19.1 Å². The summed E-state index contributed by atoms with van der Waals surface area (Å²) in [7, 11) is 0. The summed E-state index contributed by atoms with van der Waals surface area (Å²) in [5.41, 5.74) is 0.296. The molecule has 2 N–H and O–H groups in total. The smallest absolute Gasteiger partial charge is 0.314 e. The number of nitrogens with one attached hydrogen (secondary N) is 2. The fraction of sp³-hybridized carbons (Fsp3) is 0.900. The maximum absolute atomic E-state index is 10.9. The van der Waals surface area contributed by atoms with Crippen LogP contribution in [0.1, 0.15) is 32.6 Å². The molecule has 0 aromatic carbocycles. The van der Waals surface area contributed by atoms with Gasteiger partial charge in [0.15, 0.2) is 0 Å². The first kappa shape index (κ1) is 8.85. The van der Waals surface area contributed by atoms with Gasteiger partial charge in [0.05, 0.1) is 0 Å². The SMILES string of the molecule is CC1(C2CCCC2)CNC(=O)NC1. The summed E-state index contributed by atoms with van der Waals surface area (Å²) in [6.07, 6.45) is 5.42. The Morgan fingerprint density at radius 1 is 1.23 bits per heavy atom. The Hall–Kier alpha value is -0.730. The maximum atomic E-state index is 10.9. The van der Waals surface area contributed by atoms with Gasteiger partial charge in [-0.2, -0.15) is 0 Å². The zero-order valence-corrected chi connectivity index (χ0v) is 8.23. The number of hydrogen-bond donors (Lipinski definition) is 2. The monoisotopic (exact) mass is 182 g/mol.